The Bertz CT molecular complexity index is 657. The molecule has 0 bridgehead atoms. The minimum Gasteiger partial charge on any atom is -0.343 e. The molecule has 2 atom stereocenters. The van der Waals surface area contributed by atoms with Crippen molar-refractivity contribution in [1.82, 2.24) is 25.5 Å². The van der Waals surface area contributed by atoms with E-state index in [4.69, 9.17) is 0 Å². The standard InChI is InChI=1S/C14H16N6O2/c1-10-7-12(16-13(21)8-19-9-15-17-18-19)14(22)20(10)11-5-3-2-4-6-11/h2-6,9-10,12H,7-8H2,1H3,(H,16,21). The lowest BCUT2D eigenvalue weighted by Gasteiger charge is -2.21. The van der Waals surface area contributed by atoms with Gasteiger partial charge in [-0.1, -0.05) is 18.2 Å². The van der Waals surface area contributed by atoms with Crippen molar-refractivity contribution in [2.75, 3.05) is 4.90 Å². The number of carbonyl (C=O) groups is 2. The molecule has 0 radical (unpaired) electrons. The van der Waals surface area contributed by atoms with Crippen molar-refractivity contribution in [3.63, 3.8) is 0 Å². The lowest BCUT2D eigenvalue weighted by Crippen LogP contribution is -2.43. The van der Waals surface area contributed by atoms with Gasteiger partial charge in [-0.05, 0) is 35.9 Å². The van der Waals surface area contributed by atoms with Crippen LogP contribution in [0.4, 0.5) is 5.69 Å². The van der Waals surface area contributed by atoms with E-state index in [-0.39, 0.29) is 24.4 Å². The van der Waals surface area contributed by atoms with Crippen LogP contribution < -0.4 is 10.2 Å². The van der Waals surface area contributed by atoms with E-state index in [1.807, 2.05) is 37.3 Å². The average molecular weight is 300 g/mol. The number of nitrogens with one attached hydrogen (secondary N) is 1. The lowest BCUT2D eigenvalue weighted by molar-refractivity contribution is -0.127. The highest BCUT2D eigenvalue weighted by Gasteiger charge is 2.38. The Balaban J connectivity index is 1.66. The molecule has 0 saturated carbocycles. The van der Waals surface area contributed by atoms with Crippen LogP contribution in [0.5, 0.6) is 0 Å². The molecule has 0 aliphatic carbocycles. The molecule has 1 saturated heterocycles. The summed E-state index contributed by atoms with van der Waals surface area (Å²) in [6.07, 6.45) is 1.93. The Labute approximate surface area is 127 Å². The summed E-state index contributed by atoms with van der Waals surface area (Å²) in [4.78, 5) is 26.2. The second-order valence-electron chi connectivity index (χ2n) is 5.26. The number of rotatable bonds is 4. The van der Waals surface area contributed by atoms with Gasteiger partial charge in [0.05, 0.1) is 0 Å². The smallest absolute Gasteiger partial charge is 0.249 e. The normalized spacial score (nSPS) is 21.1. The summed E-state index contributed by atoms with van der Waals surface area (Å²) in [7, 11) is 0. The van der Waals surface area contributed by atoms with Crippen molar-refractivity contribution < 1.29 is 9.59 Å². The van der Waals surface area contributed by atoms with Crippen molar-refractivity contribution in [2.45, 2.75) is 32.0 Å². The van der Waals surface area contributed by atoms with Gasteiger partial charge in [-0.3, -0.25) is 9.59 Å². The summed E-state index contributed by atoms with van der Waals surface area (Å²) in [5.74, 6) is -0.378. The van der Waals surface area contributed by atoms with Crippen molar-refractivity contribution >= 4 is 17.5 Å². The maximum Gasteiger partial charge on any atom is 0.249 e. The number of benzene rings is 1. The average Bonchev–Trinajstić information content (AvgIpc) is 3.09. The monoisotopic (exact) mass is 300 g/mol. The molecule has 1 N–H and O–H groups in total. The second-order valence-corrected chi connectivity index (χ2v) is 5.26. The first-order valence-electron chi connectivity index (χ1n) is 7.03. The Morgan fingerprint density at radius 1 is 1.36 bits per heavy atom. The molecule has 2 unspecified atom stereocenters. The Morgan fingerprint density at radius 3 is 2.82 bits per heavy atom. The molecule has 114 valence electrons. The lowest BCUT2D eigenvalue weighted by atomic mass is 10.2. The van der Waals surface area contributed by atoms with E-state index in [9.17, 15) is 9.59 Å². The summed E-state index contributed by atoms with van der Waals surface area (Å²) >= 11 is 0. The highest BCUT2D eigenvalue weighted by Crippen LogP contribution is 2.26. The topological polar surface area (TPSA) is 93.0 Å². The van der Waals surface area contributed by atoms with E-state index >= 15 is 0 Å². The largest absolute Gasteiger partial charge is 0.343 e. The van der Waals surface area contributed by atoms with Crippen molar-refractivity contribution in [2.24, 2.45) is 0 Å². The predicted molar refractivity (Wildman–Crippen MR) is 77.8 cm³/mol. The fourth-order valence-electron chi connectivity index (χ4n) is 2.66. The molecule has 1 aromatic heterocycles. The van der Waals surface area contributed by atoms with Crippen LogP contribution in [0.2, 0.25) is 0 Å². The van der Waals surface area contributed by atoms with Crippen LogP contribution in [0.25, 0.3) is 0 Å². The summed E-state index contributed by atoms with van der Waals surface area (Å²) in [6.45, 7) is 1.97. The zero-order valence-electron chi connectivity index (χ0n) is 12.1. The van der Waals surface area contributed by atoms with Gasteiger partial charge in [-0.2, -0.15) is 0 Å². The number of tetrazole rings is 1. The fourth-order valence-corrected chi connectivity index (χ4v) is 2.66. The summed E-state index contributed by atoms with van der Waals surface area (Å²) in [6, 6.07) is 8.98. The quantitative estimate of drug-likeness (QED) is 0.857. The minimum atomic E-state index is -0.515. The number of hydrogen-bond acceptors (Lipinski definition) is 5. The molecule has 1 aliphatic rings. The van der Waals surface area contributed by atoms with Crippen LogP contribution in [0.3, 0.4) is 0 Å². The first kappa shape index (κ1) is 14.2. The zero-order valence-corrected chi connectivity index (χ0v) is 12.1. The summed E-state index contributed by atoms with van der Waals surface area (Å²) < 4.78 is 1.31. The van der Waals surface area contributed by atoms with Gasteiger partial charge in [0.25, 0.3) is 0 Å². The van der Waals surface area contributed by atoms with E-state index < -0.39 is 6.04 Å². The van der Waals surface area contributed by atoms with Crippen LogP contribution in [0.1, 0.15) is 13.3 Å². The van der Waals surface area contributed by atoms with Gasteiger partial charge in [0, 0.05) is 11.7 Å². The van der Waals surface area contributed by atoms with Crippen LogP contribution in [0.15, 0.2) is 36.7 Å². The Kier molecular flexibility index (Phi) is 3.82. The summed E-state index contributed by atoms with van der Waals surface area (Å²) in [5, 5.41) is 13.3. The number of para-hydroxylation sites is 1. The molecule has 1 fully saturated rings. The highest BCUT2D eigenvalue weighted by atomic mass is 16.2. The number of amides is 2. The SMILES string of the molecule is CC1CC(NC(=O)Cn2cnnn2)C(=O)N1c1ccccc1. The number of carbonyl (C=O) groups excluding carboxylic acids is 2. The molecule has 1 aromatic carbocycles. The number of aromatic nitrogens is 4. The Hall–Kier alpha value is -2.77. The third-order valence-corrected chi connectivity index (χ3v) is 3.62. The molecule has 22 heavy (non-hydrogen) atoms. The van der Waals surface area contributed by atoms with Gasteiger partial charge < -0.3 is 10.2 Å². The van der Waals surface area contributed by atoms with E-state index in [1.165, 1.54) is 11.0 Å². The van der Waals surface area contributed by atoms with E-state index in [2.05, 4.69) is 20.8 Å². The molecule has 8 heteroatoms. The van der Waals surface area contributed by atoms with Gasteiger partial charge in [0.1, 0.15) is 18.9 Å². The minimum absolute atomic E-state index is 0.00347. The summed E-state index contributed by atoms with van der Waals surface area (Å²) in [5.41, 5.74) is 0.845. The van der Waals surface area contributed by atoms with E-state index in [0.717, 1.165) is 5.69 Å². The zero-order chi connectivity index (χ0) is 15.5. The first-order chi connectivity index (χ1) is 10.6. The maximum absolute atomic E-state index is 12.5. The Morgan fingerprint density at radius 2 is 2.14 bits per heavy atom. The van der Waals surface area contributed by atoms with Crippen LogP contribution in [0, 0.1) is 0 Å². The molecule has 3 rings (SSSR count). The number of anilines is 1. The number of hydrogen-bond donors (Lipinski definition) is 1. The predicted octanol–water partition coefficient (Wildman–Crippen LogP) is -0.0167. The van der Waals surface area contributed by atoms with Gasteiger partial charge in [0.15, 0.2) is 0 Å². The maximum atomic E-state index is 12.5. The molecular formula is C14H16N6O2. The van der Waals surface area contributed by atoms with Crippen molar-refractivity contribution in [1.29, 1.82) is 0 Å². The number of nitrogens with zero attached hydrogens (tertiary/aromatic N) is 5. The molecular weight excluding hydrogens is 284 g/mol. The molecule has 2 amide bonds. The van der Waals surface area contributed by atoms with Gasteiger partial charge in [-0.25, -0.2) is 4.68 Å². The van der Waals surface area contributed by atoms with E-state index in [0.29, 0.717) is 6.42 Å². The van der Waals surface area contributed by atoms with Crippen LogP contribution >= 0.6 is 0 Å². The first-order valence-corrected chi connectivity index (χ1v) is 7.03. The third kappa shape index (κ3) is 2.80. The van der Waals surface area contributed by atoms with E-state index in [1.54, 1.807) is 4.90 Å². The highest BCUT2D eigenvalue weighted by molar-refractivity contribution is 6.01. The van der Waals surface area contributed by atoms with Gasteiger partial charge >= 0.3 is 0 Å². The van der Waals surface area contributed by atoms with Gasteiger partial charge in [-0.15, -0.1) is 5.10 Å². The molecule has 8 nitrogen and oxygen atoms in total. The van der Waals surface area contributed by atoms with Crippen molar-refractivity contribution in [3.8, 4) is 0 Å². The van der Waals surface area contributed by atoms with Crippen molar-refractivity contribution in [3.05, 3.63) is 36.7 Å². The van der Waals surface area contributed by atoms with Crippen LogP contribution in [-0.4, -0.2) is 44.1 Å². The second kappa shape index (κ2) is 5.92. The fraction of sp³-hybridized carbons (Fsp3) is 0.357. The molecule has 2 heterocycles. The van der Waals surface area contributed by atoms with Crippen LogP contribution in [-0.2, 0) is 16.1 Å². The molecule has 2 aromatic rings. The molecule has 1 aliphatic heterocycles. The molecule has 0 spiro atoms. The van der Waals surface area contributed by atoms with Gasteiger partial charge in [0.2, 0.25) is 11.8 Å². The third-order valence-electron chi connectivity index (χ3n) is 3.62.